The summed E-state index contributed by atoms with van der Waals surface area (Å²) >= 11 is 5.73. The smallest absolute Gasteiger partial charge is 0.326 e. The molecule has 5 nitrogen and oxygen atoms in total. The highest BCUT2D eigenvalue weighted by Gasteiger charge is 2.32. The highest BCUT2D eigenvalue weighted by Crippen LogP contribution is 2.19. The van der Waals surface area contributed by atoms with Crippen molar-refractivity contribution < 1.29 is 19.4 Å². The third-order valence-electron chi connectivity index (χ3n) is 2.60. The molecule has 6 heteroatoms. The van der Waals surface area contributed by atoms with E-state index >= 15 is 0 Å². The van der Waals surface area contributed by atoms with Gasteiger partial charge in [-0.05, 0) is 29.7 Å². The van der Waals surface area contributed by atoms with E-state index in [2.05, 4.69) is 5.32 Å². The first-order valence-corrected chi connectivity index (χ1v) is 6.48. The molecule has 1 aromatic carbocycles. The Balaban J connectivity index is 2.54. The summed E-state index contributed by atoms with van der Waals surface area (Å²) in [5, 5.41) is 12.1. The predicted molar refractivity (Wildman–Crippen MR) is 76.0 cm³/mol. The summed E-state index contributed by atoms with van der Waals surface area (Å²) < 4.78 is 5.25. The molecule has 0 radical (unpaired) electrons. The molecule has 0 spiro atoms. The monoisotopic (exact) mass is 299 g/mol. The zero-order chi connectivity index (χ0) is 15.3. The minimum atomic E-state index is -1.07. The van der Waals surface area contributed by atoms with Crippen molar-refractivity contribution in [1.82, 2.24) is 5.32 Å². The number of nitrogens with one attached hydrogen (secondary N) is 1. The van der Waals surface area contributed by atoms with Crippen LogP contribution in [0.1, 0.15) is 20.8 Å². The largest absolute Gasteiger partial charge is 0.484 e. The van der Waals surface area contributed by atoms with E-state index in [-0.39, 0.29) is 6.61 Å². The van der Waals surface area contributed by atoms with E-state index in [1.807, 2.05) is 0 Å². The van der Waals surface area contributed by atoms with Crippen LogP contribution in [0, 0.1) is 5.41 Å². The maximum Gasteiger partial charge on any atom is 0.326 e. The van der Waals surface area contributed by atoms with Crippen molar-refractivity contribution in [3.63, 3.8) is 0 Å². The molecule has 0 heterocycles. The molecule has 1 atom stereocenters. The Morgan fingerprint density at radius 1 is 1.30 bits per heavy atom. The molecule has 0 saturated heterocycles. The first kappa shape index (κ1) is 16.3. The lowest BCUT2D eigenvalue weighted by Gasteiger charge is -2.27. The molecule has 0 aliphatic carbocycles. The number of amides is 1. The topological polar surface area (TPSA) is 75.6 Å². The number of carbonyl (C=O) groups is 2. The summed E-state index contributed by atoms with van der Waals surface area (Å²) in [7, 11) is 0. The van der Waals surface area contributed by atoms with Gasteiger partial charge in [-0.1, -0.05) is 32.4 Å². The minimum absolute atomic E-state index is 0.249. The Kier molecular flexibility index (Phi) is 5.39. The molecule has 1 unspecified atom stereocenters. The van der Waals surface area contributed by atoms with Gasteiger partial charge in [-0.25, -0.2) is 4.79 Å². The second-order valence-corrected chi connectivity index (χ2v) is 5.88. The molecule has 0 bridgehead atoms. The van der Waals surface area contributed by atoms with Gasteiger partial charge < -0.3 is 15.2 Å². The lowest BCUT2D eigenvalue weighted by atomic mass is 9.87. The molecule has 0 saturated carbocycles. The maximum atomic E-state index is 11.7. The second-order valence-electron chi connectivity index (χ2n) is 5.45. The molecular formula is C14H18ClNO4. The number of aliphatic carboxylic acids is 1. The quantitative estimate of drug-likeness (QED) is 0.875. The Hall–Kier alpha value is -1.75. The second kappa shape index (κ2) is 6.61. The van der Waals surface area contributed by atoms with Gasteiger partial charge in [0.25, 0.3) is 5.91 Å². The zero-order valence-electron chi connectivity index (χ0n) is 11.6. The van der Waals surface area contributed by atoms with Crippen LogP contribution in [-0.4, -0.2) is 29.6 Å². The molecular weight excluding hydrogens is 282 g/mol. The molecule has 1 amide bonds. The van der Waals surface area contributed by atoms with Crippen LogP contribution in [0.4, 0.5) is 0 Å². The molecule has 2 N–H and O–H groups in total. The van der Waals surface area contributed by atoms with Gasteiger partial charge in [-0.3, -0.25) is 4.79 Å². The standard InChI is InChI=1S/C14H18ClNO4/c1-14(2,3)12(13(18)19)16-11(17)8-20-10-6-4-9(15)5-7-10/h4-7,12H,8H2,1-3H3,(H,16,17)(H,18,19). The van der Waals surface area contributed by atoms with Crippen molar-refractivity contribution in [2.24, 2.45) is 5.41 Å². The van der Waals surface area contributed by atoms with Gasteiger partial charge in [0.15, 0.2) is 6.61 Å². The molecule has 1 rings (SSSR count). The summed E-state index contributed by atoms with van der Waals surface area (Å²) in [6, 6.07) is 5.58. The fraction of sp³-hybridized carbons (Fsp3) is 0.429. The van der Waals surface area contributed by atoms with E-state index in [1.165, 1.54) is 0 Å². The maximum absolute atomic E-state index is 11.7. The van der Waals surface area contributed by atoms with E-state index in [1.54, 1.807) is 45.0 Å². The van der Waals surface area contributed by atoms with Crippen LogP contribution in [0.5, 0.6) is 5.75 Å². The number of carboxylic acid groups (broad SMARTS) is 1. The molecule has 1 aromatic rings. The SMILES string of the molecule is CC(C)(C)C(NC(=O)COc1ccc(Cl)cc1)C(=O)O. The van der Waals surface area contributed by atoms with Crippen molar-refractivity contribution in [2.45, 2.75) is 26.8 Å². The molecule has 0 aliphatic heterocycles. The normalized spacial score (nSPS) is 12.6. The van der Waals surface area contributed by atoms with Crippen LogP contribution < -0.4 is 10.1 Å². The third kappa shape index (κ3) is 5.09. The molecule has 0 fully saturated rings. The number of hydrogen-bond acceptors (Lipinski definition) is 3. The van der Waals surface area contributed by atoms with Gasteiger partial charge in [0.2, 0.25) is 0 Å². The Morgan fingerprint density at radius 2 is 1.85 bits per heavy atom. The van der Waals surface area contributed by atoms with Crippen LogP contribution >= 0.6 is 11.6 Å². The number of benzene rings is 1. The molecule has 110 valence electrons. The summed E-state index contributed by atoms with van der Waals surface area (Å²) in [5.41, 5.74) is -0.582. The number of hydrogen-bond donors (Lipinski definition) is 2. The first-order valence-electron chi connectivity index (χ1n) is 6.10. The Bertz CT molecular complexity index is 479. The van der Waals surface area contributed by atoms with Crippen LogP contribution in [0.25, 0.3) is 0 Å². The highest BCUT2D eigenvalue weighted by molar-refractivity contribution is 6.30. The van der Waals surface area contributed by atoms with Gasteiger partial charge in [0.1, 0.15) is 11.8 Å². The molecule has 0 aromatic heterocycles. The van der Waals surface area contributed by atoms with Crippen molar-refractivity contribution in [3.8, 4) is 5.75 Å². The van der Waals surface area contributed by atoms with Crippen LogP contribution in [-0.2, 0) is 9.59 Å². The average Bonchev–Trinajstić information content (AvgIpc) is 2.33. The summed E-state index contributed by atoms with van der Waals surface area (Å²) in [6.07, 6.45) is 0. The third-order valence-corrected chi connectivity index (χ3v) is 2.85. The number of halogens is 1. The Morgan fingerprint density at radius 3 is 2.30 bits per heavy atom. The lowest BCUT2D eigenvalue weighted by Crippen LogP contribution is -2.50. The van der Waals surface area contributed by atoms with Crippen molar-refractivity contribution in [3.05, 3.63) is 29.3 Å². The van der Waals surface area contributed by atoms with Gasteiger partial charge in [0.05, 0.1) is 0 Å². The zero-order valence-corrected chi connectivity index (χ0v) is 12.4. The van der Waals surface area contributed by atoms with Gasteiger partial charge >= 0.3 is 5.97 Å². The van der Waals surface area contributed by atoms with Gasteiger partial charge in [-0.2, -0.15) is 0 Å². The first-order chi connectivity index (χ1) is 9.20. The minimum Gasteiger partial charge on any atom is -0.484 e. The summed E-state index contributed by atoms with van der Waals surface area (Å²) in [5.74, 6) is -1.06. The highest BCUT2D eigenvalue weighted by atomic mass is 35.5. The van der Waals surface area contributed by atoms with E-state index in [9.17, 15) is 9.59 Å². The molecule has 20 heavy (non-hydrogen) atoms. The fourth-order valence-corrected chi connectivity index (χ4v) is 1.66. The van der Waals surface area contributed by atoms with Gasteiger partial charge in [0, 0.05) is 5.02 Å². The van der Waals surface area contributed by atoms with E-state index in [0.29, 0.717) is 10.8 Å². The van der Waals surface area contributed by atoms with Crippen LogP contribution in [0.2, 0.25) is 5.02 Å². The average molecular weight is 300 g/mol. The van der Waals surface area contributed by atoms with Crippen molar-refractivity contribution in [1.29, 1.82) is 0 Å². The van der Waals surface area contributed by atoms with Crippen molar-refractivity contribution >= 4 is 23.5 Å². The summed E-state index contributed by atoms with van der Waals surface area (Å²) in [4.78, 5) is 22.8. The number of carbonyl (C=O) groups excluding carboxylic acids is 1. The Labute approximate surface area is 122 Å². The van der Waals surface area contributed by atoms with E-state index in [4.69, 9.17) is 21.4 Å². The van der Waals surface area contributed by atoms with E-state index < -0.39 is 23.3 Å². The molecule has 0 aliphatic rings. The van der Waals surface area contributed by atoms with E-state index in [0.717, 1.165) is 0 Å². The van der Waals surface area contributed by atoms with Crippen molar-refractivity contribution in [2.75, 3.05) is 6.61 Å². The fourth-order valence-electron chi connectivity index (χ4n) is 1.53. The van der Waals surface area contributed by atoms with Crippen LogP contribution in [0.15, 0.2) is 24.3 Å². The number of rotatable bonds is 5. The number of ether oxygens (including phenoxy) is 1. The lowest BCUT2D eigenvalue weighted by molar-refractivity contribution is -0.145. The number of carboxylic acids is 1. The predicted octanol–water partition coefficient (Wildman–Crippen LogP) is 2.33. The summed E-state index contributed by atoms with van der Waals surface area (Å²) in [6.45, 7) is 4.98. The van der Waals surface area contributed by atoms with Gasteiger partial charge in [-0.15, -0.1) is 0 Å². The van der Waals surface area contributed by atoms with Crippen LogP contribution in [0.3, 0.4) is 0 Å².